The van der Waals surface area contributed by atoms with Crippen molar-refractivity contribution in [2.45, 2.75) is 6.61 Å². The van der Waals surface area contributed by atoms with Crippen molar-refractivity contribution in [2.24, 2.45) is 0 Å². The summed E-state index contributed by atoms with van der Waals surface area (Å²) in [5, 5.41) is 0. The van der Waals surface area contributed by atoms with Crippen LogP contribution in [0.25, 0.3) is 0 Å². The highest BCUT2D eigenvalue weighted by Crippen LogP contribution is 2.25. The molecular weight excluding hydrogens is 268 g/mol. The molecule has 0 bridgehead atoms. The van der Waals surface area contributed by atoms with Gasteiger partial charge in [0.15, 0.2) is 23.3 Å². The zero-order chi connectivity index (χ0) is 14.6. The first-order valence-corrected chi connectivity index (χ1v) is 4.90. The van der Waals surface area contributed by atoms with Gasteiger partial charge in [0, 0.05) is 0 Å². The predicted molar refractivity (Wildman–Crippen MR) is 56.1 cm³/mol. The Morgan fingerprint density at radius 2 is 1.68 bits per heavy atom. The van der Waals surface area contributed by atoms with Crippen LogP contribution in [0, 0.1) is 35.6 Å². The van der Waals surface area contributed by atoms with Gasteiger partial charge in [-0.2, -0.15) is 0 Å². The lowest BCUT2D eigenvalue weighted by atomic mass is 10.1. The van der Waals surface area contributed by atoms with Gasteiger partial charge >= 0.3 is 5.97 Å². The van der Waals surface area contributed by atoms with Crippen molar-refractivity contribution in [3.05, 3.63) is 34.4 Å². The number of hydrogen-bond acceptors (Lipinski definition) is 3. The van der Waals surface area contributed by atoms with E-state index in [0.29, 0.717) is 0 Å². The zero-order valence-electron chi connectivity index (χ0n) is 9.73. The van der Waals surface area contributed by atoms with Gasteiger partial charge in [-0.15, -0.1) is 6.42 Å². The monoisotopic (exact) mass is 276 g/mol. The van der Waals surface area contributed by atoms with Crippen LogP contribution in [-0.2, 0) is 16.1 Å². The highest BCUT2D eigenvalue weighted by atomic mass is 19.2. The number of rotatable bonds is 4. The quantitative estimate of drug-likeness (QED) is 0.278. The Bertz CT molecular complexity index is 520. The molecule has 0 aliphatic heterocycles. The Hall–Kier alpha value is -2.07. The standard InChI is InChI=1S/C12H8F4O3/c1-3-4-19-5-6-8(13)10(15)7(12(17)18-2)11(16)9(6)14/h1H,4-5H2,2H3. The SMILES string of the molecule is C#CCOCc1c(F)c(F)c(C(=O)OC)c(F)c1F. The van der Waals surface area contributed by atoms with Gasteiger partial charge < -0.3 is 9.47 Å². The van der Waals surface area contributed by atoms with E-state index in [9.17, 15) is 22.4 Å². The van der Waals surface area contributed by atoms with Gasteiger partial charge in [0.05, 0.1) is 19.3 Å². The van der Waals surface area contributed by atoms with Gasteiger partial charge in [-0.05, 0) is 0 Å². The number of methoxy groups -OCH3 is 1. The van der Waals surface area contributed by atoms with Crippen LogP contribution in [-0.4, -0.2) is 19.7 Å². The van der Waals surface area contributed by atoms with Gasteiger partial charge in [0.25, 0.3) is 0 Å². The number of terminal acetylenes is 1. The van der Waals surface area contributed by atoms with Crippen LogP contribution in [0.5, 0.6) is 0 Å². The molecule has 19 heavy (non-hydrogen) atoms. The molecule has 1 aromatic carbocycles. The molecule has 0 spiro atoms. The minimum atomic E-state index is -1.84. The lowest BCUT2D eigenvalue weighted by molar-refractivity contribution is 0.0585. The highest BCUT2D eigenvalue weighted by Gasteiger charge is 2.29. The van der Waals surface area contributed by atoms with Crippen molar-refractivity contribution in [3.8, 4) is 12.3 Å². The number of carbonyl (C=O) groups is 1. The van der Waals surface area contributed by atoms with E-state index < -0.39 is 47.0 Å². The third kappa shape index (κ3) is 2.85. The average molecular weight is 276 g/mol. The van der Waals surface area contributed by atoms with Crippen LogP contribution >= 0.6 is 0 Å². The number of esters is 1. The summed E-state index contributed by atoms with van der Waals surface area (Å²) in [4.78, 5) is 11.0. The molecule has 0 radical (unpaired) electrons. The smallest absolute Gasteiger partial charge is 0.344 e. The third-order valence-electron chi connectivity index (χ3n) is 2.18. The normalized spacial score (nSPS) is 10.1. The number of halogens is 4. The van der Waals surface area contributed by atoms with Crippen molar-refractivity contribution in [1.82, 2.24) is 0 Å². The van der Waals surface area contributed by atoms with Crippen LogP contribution in [0.4, 0.5) is 17.6 Å². The first-order valence-electron chi connectivity index (χ1n) is 4.90. The first kappa shape index (κ1) is 15.0. The maximum atomic E-state index is 13.5. The molecule has 7 heteroatoms. The second kappa shape index (κ2) is 6.20. The summed E-state index contributed by atoms with van der Waals surface area (Å²) in [6.07, 6.45) is 4.84. The Morgan fingerprint density at radius 3 is 2.11 bits per heavy atom. The summed E-state index contributed by atoms with van der Waals surface area (Å²) in [6, 6.07) is 0. The van der Waals surface area contributed by atoms with Crippen molar-refractivity contribution in [1.29, 1.82) is 0 Å². The molecule has 1 rings (SSSR count). The lowest BCUT2D eigenvalue weighted by Gasteiger charge is -2.10. The molecule has 0 fully saturated rings. The maximum absolute atomic E-state index is 13.5. The number of hydrogen-bond donors (Lipinski definition) is 0. The third-order valence-corrected chi connectivity index (χ3v) is 2.18. The fourth-order valence-corrected chi connectivity index (χ4v) is 1.30. The van der Waals surface area contributed by atoms with E-state index in [2.05, 4.69) is 9.47 Å². The summed E-state index contributed by atoms with van der Waals surface area (Å²) < 4.78 is 62.6. The summed E-state index contributed by atoms with van der Waals surface area (Å²) in [5.74, 6) is -6.64. The Balaban J connectivity index is 3.31. The van der Waals surface area contributed by atoms with Crippen LogP contribution in [0.2, 0.25) is 0 Å². The molecule has 3 nitrogen and oxygen atoms in total. The first-order chi connectivity index (χ1) is 8.95. The number of benzene rings is 1. The Kier molecular flexibility index (Phi) is 4.89. The zero-order valence-corrected chi connectivity index (χ0v) is 9.73. The van der Waals surface area contributed by atoms with Crippen LogP contribution in [0.3, 0.4) is 0 Å². The van der Waals surface area contributed by atoms with E-state index in [1.807, 2.05) is 5.92 Å². The largest absolute Gasteiger partial charge is 0.465 e. The molecule has 1 aromatic rings. The molecule has 0 heterocycles. The van der Waals surface area contributed by atoms with Crippen molar-refractivity contribution < 1.29 is 31.8 Å². The minimum absolute atomic E-state index is 0.291. The van der Waals surface area contributed by atoms with Crippen molar-refractivity contribution in [3.63, 3.8) is 0 Å². The summed E-state index contributed by atoms with van der Waals surface area (Å²) >= 11 is 0. The minimum Gasteiger partial charge on any atom is -0.465 e. The number of carbonyl (C=O) groups excluding carboxylic acids is 1. The van der Waals surface area contributed by atoms with Crippen LogP contribution in [0.1, 0.15) is 15.9 Å². The highest BCUT2D eigenvalue weighted by molar-refractivity contribution is 5.90. The molecule has 0 aromatic heterocycles. The summed E-state index contributed by atoms with van der Waals surface area (Å²) in [5.41, 5.74) is -2.42. The van der Waals surface area contributed by atoms with Crippen molar-refractivity contribution >= 4 is 5.97 Å². The van der Waals surface area contributed by atoms with Crippen LogP contribution < -0.4 is 0 Å². The second-order valence-electron chi connectivity index (χ2n) is 3.30. The van der Waals surface area contributed by atoms with Gasteiger partial charge in [0.2, 0.25) is 0 Å². The molecule has 0 amide bonds. The Morgan fingerprint density at radius 1 is 1.16 bits per heavy atom. The van der Waals surface area contributed by atoms with E-state index in [0.717, 1.165) is 7.11 Å². The maximum Gasteiger partial charge on any atom is 0.344 e. The summed E-state index contributed by atoms with van der Waals surface area (Å²) in [7, 11) is 0.820. The molecule has 0 saturated heterocycles. The van der Waals surface area contributed by atoms with Crippen molar-refractivity contribution in [2.75, 3.05) is 13.7 Å². The molecule has 0 saturated carbocycles. The van der Waals surface area contributed by atoms with Gasteiger partial charge in [0.1, 0.15) is 12.2 Å². The molecular formula is C12H8F4O3. The lowest BCUT2D eigenvalue weighted by Crippen LogP contribution is -2.15. The van der Waals surface area contributed by atoms with Gasteiger partial charge in [-0.3, -0.25) is 0 Å². The summed E-state index contributed by atoms with van der Waals surface area (Å²) in [6.45, 7) is -1.06. The molecule has 0 unspecified atom stereocenters. The average Bonchev–Trinajstić information content (AvgIpc) is 2.40. The van der Waals surface area contributed by atoms with E-state index in [4.69, 9.17) is 6.42 Å². The second-order valence-corrected chi connectivity index (χ2v) is 3.30. The van der Waals surface area contributed by atoms with Crippen LogP contribution in [0.15, 0.2) is 0 Å². The molecule has 0 atom stereocenters. The van der Waals surface area contributed by atoms with E-state index in [1.54, 1.807) is 0 Å². The van der Waals surface area contributed by atoms with E-state index >= 15 is 0 Å². The topological polar surface area (TPSA) is 35.5 Å². The fraction of sp³-hybridized carbons (Fsp3) is 0.250. The van der Waals surface area contributed by atoms with E-state index in [-0.39, 0.29) is 6.61 Å². The Labute approximate surface area is 106 Å². The fourth-order valence-electron chi connectivity index (χ4n) is 1.30. The molecule has 102 valence electrons. The van der Waals surface area contributed by atoms with Gasteiger partial charge in [-0.25, -0.2) is 22.4 Å². The molecule has 0 N–H and O–H groups in total. The number of ether oxygens (including phenoxy) is 2. The van der Waals surface area contributed by atoms with E-state index in [1.165, 1.54) is 0 Å². The molecule has 0 aliphatic carbocycles. The van der Waals surface area contributed by atoms with Gasteiger partial charge in [-0.1, -0.05) is 5.92 Å². The molecule has 0 aliphatic rings. The predicted octanol–water partition coefficient (Wildman–Crippen LogP) is 2.18.